The molecule has 0 saturated carbocycles. The fourth-order valence-electron chi connectivity index (χ4n) is 3.16. The van der Waals surface area contributed by atoms with E-state index in [1.165, 1.54) is 22.5 Å². The molecular weight excluding hydrogens is 348 g/mol. The molecule has 140 valence electrons. The van der Waals surface area contributed by atoms with E-state index in [1.807, 2.05) is 0 Å². The van der Waals surface area contributed by atoms with E-state index >= 15 is 0 Å². The number of carbonyl (C=O) groups is 1. The SMILES string of the molecule is Cc1ccc(Cc2nnc(NC(=O)N3CCCC(C(C)(C)O)C3)s2)cc1. The average Bonchev–Trinajstić information content (AvgIpc) is 3.03. The maximum absolute atomic E-state index is 12.5. The van der Waals surface area contributed by atoms with Gasteiger partial charge in [0.25, 0.3) is 0 Å². The van der Waals surface area contributed by atoms with Crippen LogP contribution in [0.15, 0.2) is 24.3 Å². The lowest BCUT2D eigenvalue weighted by Gasteiger charge is -2.38. The molecule has 0 bridgehead atoms. The molecule has 2 N–H and O–H groups in total. The summed E-state index contributed by atoms with van der Waals surface area (Å²) in [6.07, 6.45) is 2.54. The average molecular weight is 375 g/mol. The smallest absolute Gasteiger partial charge is 0.323 e. The molecule has 0 spiro atoms. The minimum atomic E-state index is -0.775. The first kappa shape index (κ1) is 18.8. The number of urea groups is 1. The van der Waals surface area contributed by atoms with Gasteiger partial charge in [0.1, 0.15) is 5.01 Å². The Morgan fingerprint density at radius 1 is 1.35 bits per heavy atom. The highest BCUT2D eigenvalue weighted by Gasteiger charge is 2.33. The Morgan fingerprint density at radius 2 is 2.08 bits per heavy atom. The van der Waals surface area contributed by atoms with Crippen molar-refractivity contribution in [3.05, 3.63) is 40.4 Å². The molecule has 1 aliphatic rings. The number of anilines is 1. The molecule has 0 aliphatic carbocycles. The van der Waals surface area contributed by atoms with E-state index in [4.69, 9.17) is 0 Å². The number of benzene rings is 1. The molecule has 1 unspecified atom stereocenters. The highest BCUT2D eigenvalue weighted by Crippen LogP contribution is 2.27. The van der Waals surface area contributed by atoms with Crippen LogP contribution in [-0.4, -0.2) is 44.9 Å². The van der Waals surface area contributed by atoms with Crippen LogP contribution < -0.4 is 5.32 Å². The van der Waals surface area contributed by atoms with Crippen LogP contribution in [0.4, 0.5) is 9.93 Å². The van der Waals surface area contributed by atoms with E-state index < -0.39 is 5.60 Å². The first-order valence-corrected chi connectivity index (χ1v) is 9.79. The summed E-state index contributed by atoms with van der Waals surface area (Å²) in [6, 6.07) is 8.15. The zero-order valence-electron chi connectivity index (χ0n) is 15.5. The van der Waals surface area contributed by atoms with Crippen LogP contribution in [0, 0.1) is 12.8 Å². The van der Waals surface area contributed by atoms with E-state index in [9.17, 15) is 9.90 Å². The number of likely N-dealkylation sites (tertiary alicyclic amines) is 1. The Labute approximate surface area is 158 Å². The van der Waals surface area contributed by atoms with E-state index in [-0.39, 0.29) is 11.9 Å². The Kier molecular flexibility index (Phi) is 5.58. The molecular formula is C19H26N4O2S. The van der Waals surface area contributed by atoms with Crippen molar-refractivity contribution in [1.29, 1.82) is 0 Å². The molecule has 1 aromatic heterocycles. The third kappa shape index (κ3) is 4.80. The maximum Gasteiger partial charge on any atom is 0.323 e. The van der Waals surface area contributed by atoms with Crippen molar-refractivity contribution in [1.82, 2.24) is 15.1 Å². The number of carbonyl (C=O) groups excluding carboxylic acids is 1. The van der Waals surface area contributed by atoms with Crippen molar-refractivity contribution >= 4 is 22.5 Å². The molecule has 26 heavy (non-hydrogen) atoms. The van der Waals surface area contributed by atoms with Crippen LogP contribution in [0.2, 0.25) is 0 Å². The van der Waals surface area contributed by atoms with E-state index in [2.05, 4.69) is 46.7 Å². The summed E-state index contributed by atoms with van der Waals surface area (Å²) in [6.45, 7) is 6.94. The molecule has 7 heteroatoms. The van der Waals surface area contributed by atoms with Crippen molar-refractivity contribution in [2.75, 3.05) is 18.4 Å². The topological polar surface area (TPSA) is 78.4 Å². The van der Waals surface area contributed by atoms with Gasteiger partial charge in [-0.05, 0) is 39.2 Å². The number of aliphatic hydroxyl groups is 1. The van der Waals surface area contributed by atoms with Crippen LogP contribution >= 0.6 is 11.3 Å². The summed E-state index contributed by atoms with van der Waals surface area (Å²) in [5.41, 5.74) is 1.63. The third-order valence-corrected chi connectivity index (χ3v) is 5.70. The van der Waals surface area contributed by atoms with Crippen LogP contribution in [0.1, 0.15) is 42.8 Å². The van der Waals surface area contributed by atoms with Crippen LogP contribution in [0.3, 0.4) is 0 Å². The molecule has 2 amide bonds. The zero-order chi connectivity index (χ0) is 18.7. The molecule has 1 aromatic carbocycles. The van der Waals surface area contributed by atoms with Crippen molar-refractivity contribution in [3.8, 4) is 0 Å². The standard InChI is InChI=1S/C19H26N4O2S/c1-13-6-8-14(9-7-13)11-16-21-22-17(26-16)20-18(24)23-10-4-5-15(12-23)19(2,3)25/h6-9,15,25H,4-5,10-12H2,1-3H3,(H,20,22,24). The van der Waals surface area contributed by atoms with Gasteiger partial charge in [-0.1, -0.05) is 41.2 Å². The molecule has 1 atom stereocenters. The molecule has 1 saturated heterocycles. The van der Waals surface area contributed by atoms with Gasteiger partial charge < -0.3 is 10.0 Å². The summed E-state index contributed by atoms with van der Waals surface area (Å²) in [7, 11) is 0. The molecule has 0 radical (unpaired) electrons. The van der Waals surface area contributed by atoms with E-state index in [0.29, 0.717) is 24.6 Å². The Morgan fingerprint density at radius 3 is 2.77 bits per heavy atom. The van der Waals surface area contributed by atoms with Crippen molar-refractivity contribution < 1.29 is 9.90 Å². The number of rotatable bonds is 4. The molecule has 6 nitrogen and oxygen atoms in total. The molecule has 2 heterocycles. The predicted molar refractivity (Wildman–Crippen MR) is 104 cm³/mol. The van der Waals surface area contributed by atoms with Gasteiger partial charge in [-0.15, -0.1) is 10.2 Å². The molecule has 1 fully saturated rings. The Balaban J connectivity index is 1.58. The van der Waals surface area contributed by atoms with Crippen LogP contribution in [0.25, 0.3) is 0 Å². The zero-order valence-corrected chi connectivity index (χ0v) is 16.3. The summed E-state index contributed by atoms with van der Waals surface area (Å²) in [4.78, 5) is 14.3. The summed E-state index contributed by atoms with van der Waals surface area (Å²) in [5.74, 6) is 0.0912. The highest BCUT2D eigenvalue weighted by molar-refractivity contribution is 7.15. The van der Waals surface area contributed by atoms with Gasteiger partial charge in [-0.25, -0.2) is 4.79 Å². The van der Waals surface area contributed by atoms with Gasteiger partial charge >= 0.3 is 6.03 Å². The monoisotopic (exact) mass is 374 g/mol. The largest absolute Gasteiger partial charge is 0.390 e. The number of piperidine rings is 1. The van der Waals surface area contributed by atoms with Gasteiger partial charge in [0.15, 0.2) is 0 Å². The van der Waals surface area contributed by atoms with Gasteiger partial charge in [0, 0.05) is 25.4 Å². The number of aryl methyl sites for hydroxylation is 1. The normalized spacial score (nSPS) is 18.0. The number of hydrogen-bond acceptors (Lipinski definition) is 5. The van der Waals surface area contributed by atoms with Gasteiger partial charge in [-0.3, -0.25) is 5.32 Å². The minimum Gasteiger partial charge on any atom is -0.390 e. The van der Waals surface area contributed by atoms with Crippen LogP contribution in [0.5, 0.6) is 0 Å². The number of aromatic nitrogens is 2. The fraction of sp³-hybridized carbons (Fsp3) is 0.526. The summed E-state index contributed by atoms with van der Waals surface area (Å²) in [5, 5.41) is 22.7. The van der Waals surface area contributed by atoms with E-state index in [0.717, 1.165) is 17.8 Å². The highest BCUT2D eigenvalue weighted by atomic mass is 32.1. The second-order valence-corrected chi connectivity index (χ2v) is 8.59. The first-order chi connectivity index (χ1) is 12.3. The first-order valence-electron chi connectivity index (χ1n) is 8.97. The molecule has 3 rings (SSSR count). The lowest BCUT2D eigenvalue weighted by atomic mass is 9.84. The third-order valence-electron chi connectivity index (χ3n) is 4.86. The molecule has 1 aliphatic heterocycles. The second kappa shape index (κ2) is 7.72. The fourth-order valence-corrected chi connectivity index (χ4v) is 3.93. The number of hydrogen-bond donors (Lipinski definition) is 2. The van der Waals surface area contributed by atoms with Gasteiger partial charge in [0.05, 0.1) is 5.60 Å². The lowest BCUT2D eigenvalue weighted by Crippen LogP contribution is -2.48. The summed E-state index contributed by atoms with van der Waals surface area (Å²) >= 11 is 1.40. The van der Waals surface area contributed by atoms with Crippen molar-refractivity contribution in [3.63, 3.8) is 0 Å². The van der Waals surface area contributed by atoms with Crippen molar-refractivity contribution in [2.45, 2.75) is 45.6 Å². The number of amides is 2. The minimum absolute atomic E-state index is 0.0912. The maximum atomic E-state index is 12.5. The van der Waals surface area contributed by atoms with Gasteiger partial charge in [0.2, 0.25) is 5.13 Å². The lowest BCUT2D eigenvalue weighted by molar-refractivity contribution is -0.00973. The quantitative estimate of drug-likeness (QED) is 0.859. The Hall–Kier alpha value is -1.99. The van der Waals surface area contributed by atoms with Crippen LogP contribution in [-0.2, 0) is 6.42 Å². The van der Waals surface area contributed by atoms with Gasteiger partial charge in [-0.2, -0.15) is 0 Å². The second-order valence-electron chi connectivity index (χ2n) is 7.53. The Bertz CT molecular complexity index is 752. The summed E-state index contributed by atoms with van der Waals surface area (Å²) < 4.78 is 0. The number of nitrogens with one attached hydrogen (secondary N) is 1. The van der Waals surface area contributed by atoms with E-state index in [1.54, 1.807) is 18.7 Å². The predicted octanol–water partition coefficient (Wildman–Crippen LogP) is 3.45. The number of nitrogens with zero attached hydrogens (tertiary/aromatic N) is 3. The van der Waals surface area contributed by atoms with Crippen molar-refractivity contribution in [2.24, 2.45) is 5.92 Å². The molecule has 2 aromatic rings.